The summed E-state index contributed by atoms with van der Waals surface area (Å²) < 4.78 is 90.8. The van der Waals surface area contributed by atoms with Gasteiger partial charge in [-0.15, -0.1) is 0 Å². The average Bonchev–Trinajstić information content (AvgIpc) is 2.89. The van der Waals surface area contributed by atoms with Crippen molar-refractivity contribution in [1.29, 1.82) is 5.26 Å². The van der Waals surface area contributed by atoms with Crippen LogP contribution in [0.5, 0.6) is 5.75 Å². The average molecular weight is 565 g/mol. The molecular formula is C29H26F6N2O3. The molecule has 1 amide bonds. The number of benzene rings is 3. The summed E-state index contributed by atoms with van der Waals surface area (Å²) >= 11 is 0. The minimum absolute atomic E-state index is 0.0727. The highest BCUT2D eigenvalue weighted by molar-refractivity contribution is 5.75. The molecule has 0 aliphatic rings. The second-order valence-electron chi connectivity index (χ2n) is 9.34. The zero-order chi connectivity index (χ0) is 29.8. The molecule has 0 saturated carbocycles. The van der Waals surface area contributed by atoms with Gasteiger partial charge < -0.3 is 14.8 Å². The molecule has 0 fully saturated rings. The molecule has 3 rings (SSSR count). The normalized spacial score (nSPS) is 12.6. The number of nitriles is 1. The molecule has 1 atom stereocenters. The molecule has 0 aliphatic carbocycles. The van der Waals surface area contributed by atoms with Crippen molar-refractivity contribution in [2.75, 3.05) is 7.11 Å². The Labute approximate surface area is 227 Å². The van der Waals surface area contributed by atoms with Gasteiger partial charge in [-0.25, -0.2) is 4.79 Å². The summed E-state index contributed by atoms with van der Waals surface area (Å²) in [6.45, 7) is 4.85. The summed E-state index contributed by atoms with van der Waals surface area (Å²) in [6.07, 6.45) is -11.6. The van der Waals surface area contributed by atoms with E-state index in [4.69, 9.17) is 14.7 Å². The number of carbonyl (C=O) groups is 1. The van der Waals surface area contributed by atoms with Crippen molar-refractivity contribution in [3.8, 4) is 22.9 Å². The Hall–Kier alpha value is -4.20. The van der Waals surface area contributed by atoms with Gasteiger partial charge in [-0.2, -0.15) is 31.6 Å². The summed E-state index contributed by atoms with van der Waals surface area (Å²) in [6, 6.07) is 12.7. The molecule has 11 heteroatoms. The van der Waals surface area contributed by atoms with E-state index in [1.54, 1.807) is 18.2 Å². The molecule has 0 saturated heterocycles. The van der Waals surface area contributed by atoms with Gasteiger partial charge in [-0.1, -0.05) is 26.0 Å². The summed E-state index contributed by atoms with van der Waals surface area (Å²) in [7, 11) is 1.43. The van der Waals surface area contributed by atoms with Crippen LogP contribution in [-0.4, -0.2) is 13.2 Å². The monoisotopic (exact) mass is 564 g/mol. The number of amides is 1. The number of halogens is 6. The Kier molecular flexibility index (Phi) is 9.03. The van der Waals surface area contributed by atoms with Gasteiger partial charge >= 0.3 is 18.4 Å². The number of hydrogen-bond acceptors (Lipinski definition) is 4. The standard InChI is InChI=1S/C29H26F6N2O3/c1-16(2)19-5-8-26(39-4)25(13-19)24-7-6-22(28(30,31)32)12-21(24)15-37-27(38)40-17(3)20-9-18(14-36)10-23(11-20)29(33,34)35/h5-13,16-17H,15H2,1-4H3,(H,37,38). The van der Waals surface area contributed by atoms with Crippen LogP contribution in [0.3, 0.4) is 0 Å². The van der Waals surface area contributed by atoms with Gasteiger partial charge in [0.1, 0.15) is 11.9 Å². The third-order valence-electron chi connectivity index (χ3n) is 6.20. The number of ether oxygens (including phenoxy) is 2. The van der Waals surface area contributed by atoms with Crippen LogP contribution in [-0.2, 0) is 23.6 Å². The van der Waals surface area contributed by atoms with Crippen LogP contribution in [0.4, 0.5) is 31.1 Å². The van der Waals surface area contributed by atoms with E-state index < -0.39 is 35.7 Å². The van der Waals surface area contributed by atoms with Gasteiger partial charge in [-0.05, 0) is 77.6 Å². The van der Waals surface area contributed by atoms with Gasteiger partial charge in [0, 0.05) is 12.1 Å². The number of carbonyl (C=O) groups excluding carboxylic acids is 1. The van der Waals surface area contributed by atoms with Gasteiger partial charge in [0.2, 0.25) is 0 Å². The highest BCUT2D eigenvalue weighted by Crippen LogP contribution is 2.38. The Balaban J connectivity index is 1.90. The number of alkyl carbamates (subject to hydrolysis) is 1. The Bertz CT molecular complexity index is 1420. The van der Waals surface area contributed by atoms with Crippen molar-refractivity contribution in [2.24, 2.45) is 0 Å². The van der Waals surface area contributed by atoms with Gasteiger partial charge in [-0.3, -0.25) is 0 Å². The molecule has 0 heterocycles. The SMILES string of the molecule is COc1ccc(C(C)C)cc1-c1ccc(C(F)(F)F)cc1CNC(=O)OC(C)c1cc(C#N)cc(C(F)(F)F)c1. The predicted molar refractivity (Wildman–Crippen MR) is 135 cm³/mol. The highest BCUT2D eigenvalue weighted by atomic mass is 19.4. The van der Waals surface area contributed by atoms with Gasteiger partial charge in [0.05, 0.1) is 29.9 Å². The molecule has 0 aliphatic heterocycles. The number of alkyl halides is 6. The Morgan fingerprint density at radius 3 is 2.12 bits per heavy atom. The molecule has 40 heavy (non-hydrogen) atoms. The number of nitrogens with zero attached hydrogens (tertiary/aromatic N) is 1. The lowest BCUT2D eigenvalue weighted by molar-refractivity contribution is -0.138. The van der Waals surface area contributed by atoms with Gasteiger partial charge in [0.25, 0.3) is 0 Å². The number of rotatable bonds is 7. The molecule has 5 nitrogen and oxygen atoms in total. The Morgan fingerprint density at radius 1 is 0.875 bits per heavy atom. The van der Waals surface area contributed by atoms with Crippen molar-refractivity contribution in [2.45, 2.75) is 51.7 Å². The Morgan fingerprint density at radius 2 is 1.55 bits per heavy atom. The van der Waals surface area contributed by atoms with Crippen molar-refractivity contribution >= 4 is 6.09 Å². The maximum absolute atomic E-state index is 13.5. The zero-order valence-corrected chi connectivity index (χ0v) is 22.0. The molecule has 0 bridgehead atoms. The second-order valence-corrected chi connectivity index (χ2v) is 9.34. The molecule has 0 radical (unpaired) electrons. The first-order valence-corrected chi connectivity index (χ1v) is 12.1. The quantitative estimate of drug-likeness (QED) is 0.293. The maximum Gasteiger partial charge on any atom is 0.416 e. The first-order valence-electron chi connectivity index (χ1n) is 12.1. The lowest BCUT2D eigenvalue weighted by Crippen LogP contribution is -2.25. The summed E-state index contributed by atoms with van der Waals surface area (Å²) in [5.41, 5.74) is -0.412. The smallest absolute Gasteiger partial charge is 0.416 e. The van der Waals surface area contributed by atoms with Crippen molar-refractivity contribution in [1.82, 2.24) is 5.32 Å². The van der Waals surface area contributed by atoms with E-state index in [1.807, 2.05) is 19.9 Å². The van der Waals surface area contributed by atoms with Crippen LogP contribution < -0.4 is 10.1 Å². The van der Waals surface area contributed by atoms with E-state index in [-0.39, 0.29) is 29.2 Å². The first kappa shape index (κ1) is 30.3. The second kappa shape index (κ2) is 11.9. The minimum atomic E-state index is -4.72. The fraction of sp³-hybridized carbons (Fsp3) is 0.310. The van der Waals surface area contributed by atoms with E-state index in [9.17, 15) is 31.1 Å². The summed E-state index contributed by atoms with van der Waals surface area (Å²) in [5, 5.41) is 11.5. The maximum atomic E-state index is 13.5. The third-order valence-corrected chi connectivity index (χ3v) is 6.20. The van der Waals surface area contributed by atoms with Crippen LogP contribution in [0.2, 0.25) is 0 Å². The minimum Gasteiger partial charge on any atom is -0.496 e. The van der Waals surface area contributed by atoms with Crippen molar-refractivity contribution in [3.63, 3.8) is 0 Å². The molecule has 0 spiro atoms. The molecule has 1 unspecified atom stereocenters. The van der Waals surface area contributed by atoms with Crippen LogP contribution in [0.15, 0.2) is 54.6 Å². The van der Waals surface area contributed by atoms with Gasteiger partial charge in [0.15, 0.2) is 0 Å². The lowest BCUT2D eigenvalue weighted by Gasteiger charge is -2.19. The first-order chi connectivity index (χ1) is 18.6. The van der Waals surface area contributed by atoms with E-state index >= 15 is 0 Å². The topological polar surface area (TPSA) is 71.3 Å². The number of nitrogens with one attached hydrogen (secondary N) is 1. The van der Waals surface area contributed by atoms with E-state index in [0.29, 0.717) is 22.9 Å². The van der Waals surface area contributed by atoms with Crippen LogP contribution >= 0.6 is 0 Å². The number of methoxy groups -OCH3 is 1. The third kappa shape index (κ3) is 7.25. The van der Waals surface area contributed by atoms with Crippen molar-refractivity contribution in [3.05, 3.63) is 88.0 Å². The zero-order valence-electron chi connectivity index (χ0n) is 22.0. The van der Waals surface area contributed by atoms with E-state index in [0.717, 1.165) is 29.8 Å². The molecule has 3 aromatic carbocycles. The predicted octanol–water partition coefficient (Wildman–Crippen LogP) is 8.38. The lowest BCUT2D eigenvalue weighted by atomic mass is 9.92. The number of hydrogen-bond donors (Lipinski definition) is 1. The highest BCUT2D eigenvalue weighted by Gasteiger charge is 2.33. The molecule has 0 aromatic heterocycles. The molecule has 212 valence electrons. The molecule has 1 N–H and O–H groups in total. The largest absolute Gasteiger partial charge is 0.496 e. The summed E-state index contributed by atoms with van der Waals surface area (Å²) in [4.78, 5) is 12.6. The fourth-order valence-electron chi connectivity index (χ4n) is 4.03. The van der Waals surface area contributed by atoms with Crippen LogP contribution in [0.25, 0.3) is 11.1 Å². The van der Waals surface area contributed by atoms with E-state index in [1.165, 1.54) is 20.1 Å². The van der Waals surface area contributed by atoms with Crippen LogP contribution in [0.1, 0.15) is 66.2 Å². The van der Waals surface area contributed by atoms with Crippen molar-refractivity contribution < 1.29 is 40.6 Å². The molecule has 3 aromatic rings. The van der Waals surface area contributed by atoms with Crippen LogP contribution in [0, 0.1) is 11.3 Å². The summed E-state index contributed by atoms with van der Waals surface area (Å²) in [5.74, 6) is 0.536. The van der Waals surface area contributed by atoms with E-state index in [2.05, 4.69) is 5.32 Å². The fourth-order valence-corrected chi connectivity index (χ4v) is 4.03. The molecular weight excluding hydrogens is 538 g/mol.